The largest absolute Gasteiger partial charge is 0.358 e. The quantitative estimate of drug-likeness (QED) is 0.535. The van der Waals surface area contributed by atoms with E-state index in [1.54, 1.807) is 6.33 Å². The van der Waals surface area contributed by atoms with Gasteiger partial charge in [-0.05, 0) is 31.4 Å². The van der Waals surface area contributed by atoms with Crippen LogP contribution in [0.1, 0.15) is 37.8 Å². The predicted octanol–water partition coefficient (Wildman–Crippen LogP) is 3.31. The lowest BCUT2D eigenvalue weighted by molar-refractivity contribution is 0.344. The first-order valence-corrected chi connectivity index (χ1v) is 8.77. The zero-order chi connectivity index (χ0) is 18.8. The molecule has 2 N–H and O–H groups in total. The zero-order valence-electron chi connectivity index (χ0n) is 15.3. The molecule has 138 valence electrons. The van der Waals surface area contributed by atoms with Crippen molar-refractivity contribution in [1.29, 1.82) is 0 Å². The lowest BCUT2D eigenvalue weighted by atomic mass is 10.0. The highest BCUT2D eigenvalue weighted by Crippen LogP contribution is 2.28. The Morgan fingerprint density at radius 3 is 2.81 bits per heavy atom. The van der Waals surface area contributed by atoms with Crippen LogP contribution in [-0.2, 0) is 0 Å². The molecule has 9 nitrogen and oxygen atoms in total. The van der Waals surface area contributed by atoms with Crippen LogP contribution in [0.4, 0.5) is 5.82 Å². The minimum Gasteiger partial charge on any atom is -0.358 e. The Labute approximate surface area is 155 Å². The lowest BCUT2D eigenvalue weighted by Crippen LogP contribution is -2.15. The molecule has 0 unspecified atom stereocenters. The van der Waals surface area contributed by atoms with Gasteiger partial charge in [0.2, 0.25) is 11.7 Å². The summed E-state index contributed by atoms with van der Waals surface area (Å²) < 4.78 is 5.50. The molecular formula is C18H20N8O. The predicted molar refractivity (Wildman–Crippen MR) is 99.8 cm³/mol. The highest BCUT2D eigenvalue weighted by Gasteiger charge is 2.23. The smallest absolute Gasteiger partial charge is 0.249 e. The van der Waals surface area contributed by atoms with Crippen molar-refractivity contribution in [3.05, 3.63) is 42.3 Å². The number of aromatic amines is 1. The Balaban J connectivity index is 1.69. The fraction of sp³-hybridized carbons (Fsp3) is 0.333. The number of hydrogen-bond acceptors (Lipinski definition) is 8. The SMILES string of the molecule is Cc1ccc2ncnc(N[C@@H](CC(C)C)c3nc(-c4ncn[nH]4)no3)c2c1. The summed E-state index contributed by atoms with van der Waals surface area (Å²) in [6.07, 6.45) is 3.76. The van der Waals surface area contributed by atoms with Crippen molar-refractivity contribution >= 4 is 16.7 Å². The lowest BCUT2D eigenvalue weighted by Gasteiger charge is -2.18. The van der Waals surface area contributed by atoms with Crippen molar-refractivity contribution < 1.29 is 4.52 Å². The number of H-pyrrole nitrogens is 1. The third kappa shape index (κ3) is 3.62. The van der Waals surface area contributed by atoms with Gasteiger partial charge in [0, 0.05) is 5.39 Å². The van der Waals surface area contributed by atoms with Crippen molar-refractivity contribution in [3.63, 3.8) is 0 Å². The molecule has 4 aromatic rings. The van der Waals surface area contributed by atoms with Crippen LogP contribution < -0.4 is 5.32 Å². The molecular weight excluding hydrogens is 344 g/mol. The maximum Gasteiger partial charge on any atom is 0.249 e. The summed E-state index contributed by atoms with van der Waals surface area (Å²) in [5.41, 5.74) is 2.03. The first-order chi connectivity index (χ1) is 13.1. The topological polar surface area (TPSA) is 118 Å². The molecule has 3 aromatic heterocycles. The molecule has 0 amide bonds. The van der Waals surface area contributed by atoms with E-state index >= 15 is 0 Å². The van der Waals surface area contributed by atoms with E-state index < -0.39 is 0 Å². The Hall–Kier alpha value is -3.36. The van der Waals surface area contributed by atoms with Gasteiger partial charge in [0.15, 0.2) is 5.82 Å². The fourth-order valence-electron chi connectivity index (χ4n) is 2.93. The molecule has 0 aliphatic rings. The van der Waals surface area contributed by atoms with Gasteiger partial charge in [-0.1, -0.05) is 30.6 Å². The van der Waals surface area contributed by atoms with Crippen LogP contribution >= 0.6 is 0 Å². The van der Waals surface area contributed by atoms with E-state index in [1.165, 1.54) is 6.33 Å². The van der Waals surface area contributed by atoms with Gasteiger partial charge in [0.1, 0.15) is 24.5 Å². The Morgan fingerprint density at radius 2 is 2.04 bits per heavy atom. The van der Waals surface area contributed by atoms with Gasteiger partial charge in [-0.15, -0.1) is 0 Å². The van der Waals surface area contributed by atoms with Crippen LogP contribution in [0.3, 0.4) is 0 Å². The monoisotopic (exact) mass is 364 g/mol. The molecule has 1 aromatic carbocycles. The second-order valence-electron chi connectivity index (χ2n) is 6.86. The molecule has 9 heteroatoms. The average Bonchev–Trinajstić information content (AvgIpc) is 3.33. The van der Waals surface area contributed by atoms with Crippen LogP contribution in [0, 0.1) is 12.8 Å². The van der Waals surface area contributed by atoms with Crippen LogP contribution in [0.2, 0.25) is 0 Å². The van der Waals surface area contributed by atoms with Crippen molar-refractivity contribution in [3.8, 4) is 11.6 Å². The molecule has 0 aliphatic heterocycles. The summed E-state index contributed by atoms with van der Waals surface area (Å²) in [6, 6.07) is 5.90. The molecule has 4 rings (SSSR count). The number of fused-ring (bicyclic) bond motifs is 1. The van der Waals surface area contributed by atoms with E-state index in [1.807, 2.05) is 19.1 Å². The molecule has 1 atom stereocenters. The number of benzene rings is 1. The van der Waals surface area contributed by atoms with Crippen LogP contribution in [0.25, 0.3) is 22.6 Å². The third-order valence-corrected chi connectivity index (χ3v) is 4.18. The normalized spacial score (nSPS) is 12.6. The number of aryl methyl sites for hydroxylation is 1. The van der Waals surface area contributed by atoms with Gasteiger partial charge >= 0.3 is 0 Å². The summed E-state index contributed by atoms with van der Waals surface area (Å²) in [4.78, 5) is 17.3. The van der Waals surface area contributed by atoms with Gasteiger partial charge in [-0.25, -0.2) is 15.0 Å². The molecule has 0 spiro atoms. The van der Waals surface area contributed by atoms with Gasteiger partial charge < -0.3 is 9.84 Å². The zero-order valence-corrected chi connectivity index (χ0v) is 15.3. The standard InChI is InChI=1S/C18H20N8O/c1-10(2)6-14(18-24-17(26-27-18)16-21-9-22-25-16)23-15-12-7-11(3)4-5-13(12)19-8-20-15/h4-5,7-10,14H,6H2,1-3H3,(H,19,20,23)(H,21,22,25)/t14-/m0/s1. The van der Waals surface area contributed by atoms with E-state index in [0.29, 0.717) is 23.5 Å². The van der Waals surface area contributed by atoms with Crippen LogP contribution in [-0.4, -0.2) is 35.3 Å². The molecule has 0 aliphatic carbocycles. The number of hydrogen-bond donors (Lipinski definition) is 2. The minimum atomic E-state index is -0.187. The van der Waals surface area contributed by atoms with Gasteiger partial charge in [-0.2, -0.15) is 10.1 Å². The number of aromatic nitrogens is 7. The Kier molecular flexibility index (Phi) is 4.49. The highest BCUT2D eigenvalue weighted by atomic mass is 16.5. The molecule has 0 fully saturated rings. The highest BCUT2D eigenvalue weighted by molar-refractivity contribution is 5.89. The first kappa shape index (κ1) is 17.1. The Morgan fingerprint density at radius 1 is 1.15 bits per heavy atom. The van der Waals surface area contributed by atoms with Crippen molar-refractivity contribution in [1.82, 2.24) is 35.3 Å². The molecule has 3 heterocycles. The summed E-state index contributed by atoms with van der Waals surface area (Å²) in [5, 5.41) is 15.0. The molecule has 27 heavy (non-hydrogen) atoms. The minimum absolute atomic E-state index is 0.187. The van der Waals surface area contributed by atoms with E-state index in [9.17, 15) is 0 Å². The molecule has 0 saturated heterocycles. The van der Waals surface area contributed by atoms with E-state index in [4.69, 9.17) is 4.52 Å². The van der Waals surface area contributed by atoms with Crippen molar-refractivity contribution in [2.45, 2.75) is 33.2 Å². The number of anilines is 1. The summed E-state index contributed by atoms with van der Waals surface area (Å²) >= 11 is 0. The second-order valence-corrected chi connectivity index (χ2v) is 6.86. The summed E-state index contributed by atoms with van der Waals surface area (Å²) in [5.74, 6) is 2.49. The van der Waals surface area contributed by atoms with Gasteiger partial charge in [-0.3, -0.25) is 5.10 Å². The number of rotatable bonds is 6. The summed E-state index contributed by atoms with van der Waals surface area (Å²) in [6.45, 7) is 6.33. The third-order valence-electron chi connectivity index (χ3n) is 4.18. The maximum atomic E-state index is 5.50. The average molecular weight is 364 g/mol. The number of nitrogens with one attached hydrogen (secondary N) is 2. The first-order valence-electron chi connectivity index (χ1n) is 8.77. The van der Waals surface area contributed by atoms with E-state index in [-0.39, 0.29) is 6.04 Å². The van der Waals surface area contributed by atoms with E-state index in [2.05, 4.69) is 60.5 Å². The van der Waals surface area contributed by atoms with Crippen LogP contribution in [0.5, 0.6) is 0 Å². The molecule has 0 bridgehead atoms. The summed E-state index contributed by atoms with van der Waals surface area (Å²) in [7, 11) is 0. The van der Waals surface area contributed by atoms with Crippen LogP contribution in [0.15, 0.2) is 35.4 Å². The second kappa shape index (κ2) is 7.10. The maximum absolute atomic E-state index is 5.50. The van der Waals surface area contributed by atoms with Crippen molar-refractivity contribution in [2.24, 2.45) is 5.92 Å². The number of nitrogens with zero attached hydrogens (tertiary/aromatic N) is 6. The van der Waals surface area contributed by atoms with E-state index in [0.717, 1.165) is 28.7 Å². The molecule has 0 saturated carbocycles. The van der Waals surface area contributed by atoms with Crippen molar-refractivity contribution in [2.75, 3.05) is 5.32 Å². The molecule has 0 radical (unpaired) electrons. The fourth-order valence-corrected chi connectivity index (χ4v) is 2.93. The van der Waals surface area contributed by atoms with Gasteiger partial charge in [0.05, 0.1) is 5.52 Å². The Bertz CT molecular complexity index is 1040. The van der Waals surface area contributed by atoms with Gasteiger partial charge in [0.25, 0.3) is 0 Å².